The van der Waals surface area contributed by atoms with Crippen LogP contribution in [0.25, 0.3) is 11.0 Å². The number of hydrogen-bond donors (Lipinski definition) is 2. The number of aromatic amines is 1. The molecule has 0 bridgehead atoms. The molecule has 0 saturated heterocycles. The summed E-state index contributed by atoms with van der Waals surface area (Å²) in [5, 5.41) is 3.34. The number of nitrogens with one attached hydrogen (secondary N) is 2. The second-order valence-electron chi connectivity index (χ2n) is 4.77. The first-order valence-corrected chi connectivity index (χ1v) is 6.59. The summed E-state index contributed by atoms with van der Waals surface area (Å²) in [4.78, 5) is 10.1. The summed E-state index contributed by atoms with van der Waals surface area (Å²) in [6.07, 6.45) is 1.18. The van der Waals surface area contributed by atoms with E-state index in [-0.39, 0.29) is 0 Å². The van der Waals surface area contributed by atoms with Crippen molar-refractivity contribution in [3.05, 3.63) is 24.3 Å². The third kappa shape index (κ3) is 3.01. The van der Waals surface area contributed by atoms with Gasteiger partial charge in [-0.2, -0.15) is 0 Å². The Hall–Kier alpha value is -1.55. The number of aromatic nitrogens is 2. The van der Waals surface area contributed by atoms with Crippen LogP contribution in [0.1, 0.15) is 20.3 Å². The average Bonchev–Trinajstić information content (AvgIpc) is 2.80. The lowest BCUT2D eigenvalue weighted by molar-refractivity contribution is 0.261. The Balaban J connectivity index is 1.87. The van der Waals surface area contributed by atoms with Crippen molar-refractivity contribution in [2.75, 3.05) is 25.5 Å². The lowest BCUT2D eigenvalue weighted by Crippen LogP contribution is -2.32. The number of para-hydroxylation sites is 2. The summed E-state index contributed by atoms with van der Waals surface area (Å²) in [5.41, 5.74) is 2.09. The predicted octanol–water partition coefficient (Wildman–Crippen LogP) is 2.71. The molecule has 2 aromatic rings. The van der Waals surface area contributed by atoms with Crippen molar-refractivity contribution in [2.24, 2.45) is 0 Å². The number of hydrogen-bond acceptors (Lipinski definition) is 3. The maximum Gasteiger partial charge on any atom is 0.201 e. The highest BCUT2D eigenvalue weighted by Gasteiger charge is 2.06. The number of likely N-dealkylation sites (N-methyl/N-ethyl adjacent to an activating group) is 1. The van der Waals surface area contributed by atoms with Gasteiger partial charge in [-0.15, -0.1) is 0 Å². The Morgan fingerprint density at radius 3 is 2.89 bits per heavy atom. The topological polar surface area (TPSA) is 44.0 Å². The first kappa shape index (κ1) is 12.9. The molecule has 0 saturated carbocycles. The Morgan fingerprint density at radius 1 is 1.39 bits per heavy atom. The number of rotatable bonds is 6. The molecule has 2 rings (SSSR count). The largest absolute Gasteiger partial charge is 0.355 e. The van der Waals surface area contributed by atoms with E-state index in [0.717, 1.165) is 30.1 Å². The molecule has 0 aliphatic heterocycles. The van der Waals surface area contributed by atoms with Gasteiger partial charge in [0.15, 0.2) is 0 Å². The molecule has 0 spiro atoms. The summed E-state index contributed by atoms with van der Waals surface area (Å²) < 4.78 is 0. The smallest absolute Gasteiger partial charge is 0.201 e. The molecule has 0 aliphatic rings. The number of imidazole rings is 1. The van der Waals surface area contributed by atoms with Gasteiger partial charge in [0.1, 0.15) is 0 Å². The van der Waals surface area contributed by atoms with Gasteiger partial charge in [0.2, 0.25) is 5.95 Å². The van der Waals surface area contributed by atoms with Crippen LogP contribution in [-0.4, -0.2) is 41.0 Å². The molecule has 0 fully saturated rings. The van der Waals surface area contributed by atoms with E-state index in [1.807, 2.05) is 24.3 Å². The van der Waals surface area contributed by atoms with Crippen LogP contribution in [0.3, 0.4) is 0 Å². The monoisotopic (exact) mass is 246 g/mol. The maximum absolute atomic E-state index is 4.49. The van der Waals surface area contributed by atoms with Gasteiger partial charge in [-0.3, -0.25) is 0 Å². The highest BCUT2D eigenvalue weighted by Crippen LogP contribution is 2.12. The van der Waals surface area contributed by atoms with Crippen molar-refractivity contribution in [3.63, 3.8) is 0 Å². The summed E-state index contributed by atoms with van der Waals surface area (Å²) in [6.45, 7) is 6.39. The molecule has 2 N–H and O–H groups in total. The minimum absolute atomic E-state index is 0.627. The van der Waals surface area contributed by atoms with E-state index in [1.165, 1.54) is 6.42 Å². The van der Waals surface area contributed by atoms with Crippen LogP contribution >= 0.6 is 0 Å². The fourth-order valence-corrected chi connectivity index (χ4v) is 1.92. The van der Waals surface area contributed by atoms with Crippen LogP contribution in [0.5, 0.6) is 0 Å². The van der Waals surface area contributed by atoms with Gasteiger partial charge in [-0.25, -0.2) is 4.98 Å². The Bertz CT molecular complexity index is 458. The van der Waals surface area contributed by atoms with Gasteiger partial charge in [-0.1, -0.05) is 19.1 Å². The molecule has 0 amide bonds. The minimum atomic E-state index is 0.627. The SMILES string of the molecule is CCC(C)N(C)CCNc1nc2ccccc2[nH]1. The minimum Gasteiger partial charge on any atom is -0.355 e. The molecule has 0 radical (unpaired) electrons. The van der Waals surface area contributed by atoms with Crippen LogP contribution < -0.4 is 5.32 Å². The fraction of sp³-hybridized carbons (Fsp3) is 0.500. The first-order valence-electron chi connectivity index (χ1n) is 6.59. The molecule has 4 nitrogen and oxygen atoms in total. The van der Waals surface area contributed by atoms with Gasteiger partial charge in [0.25, 0.3) is 0 Å². The van der Waals surface area contributed by atoms with Gasteiger partial charge in [0.05, 0.1) is 11.0 Å². The van der Waals surface area contributed by atoms with Crippen molar-refractivity contribution in [1.29, 1.82) is 0 Å². The van der Waals surface area contributed by atoms with Gasteiger partial charge >= 0.3 is 0 Å². The van der Waals surface area contributed by atoms with Crippen molar-refractivity contribution < 1.29 is 0 Å². The van der Waals surface area contributed by atoms with Crippen molar-refractivity contribution in [3.8, 4) is 0 Å². The molecule has 1 atom stereocenters. The number of anilines is 1. The van der Waals surface area contributed by atoms with E-state index < -0.39 is 0 Å². The highest BCUT2D eigenvalue weighted by atomic mass is 15.2. The Morgan fingerprint density at radius 2 is 2.17 bits per heavy atom. The van der Waals surface area contributed by atoms with Crippen LogP contribution in [0, 0.1) is 0 Å². The van der Waals surface area contributed by atoms with E-state index in [2.05, 4.69) is 41.1 Å². The van der Waals surface area contributed by atoms with E-state index in [0.29, 0.717) is 6.04 Å². The van der Waals surface area contributed by atoms with E-state index in [4.69, 9.17) is 0 Å². The van der Waals surface area contributed by atoms with Gasteiger partial charge < -0.3 is 15.2 Å². The number of fused-ring (bicyclic) bond motifs is 1. The molecular formula is C14H22N4. The van der Waals surface area contributed by atoms with Crippen LogP contribution in [0.15, 0.2) is 24.3 Å². The predicted molar refractivity (Wildman–Crippen MR) is 77.0 cm³/mol. The molecule has 0 aliphatic carbocycles. The van der Waals surface area contributed by atoms with Crippen molar-refractivity contribution in [2.45, 2.75) is 26.3 Å². The fourth-order valence-electron chi connectivity index (χ4n) is 1.92. The summed E-state index contributed by atoms with van der Waals surface area (Å²) in [5.74, 6) is 0.855. The van der Waals surface area contributed by atoms with Crippen LogP contribution in [0.2, 0.25) is 0 Å². The number of nitrogens with zero attached hydrogens (tertiary/aromatic N) is 2. The van der Waals surface area contributed by atoms with E-state index in [1.54, 1.807) is 0 Å². The molecule has 1 unspecified atom stereocenters. The zero-order chi connectivity index (χ0) is 13.0. The molecular weight excluding hydrogens is 224 g/mol. The maximum atomic E-state index is 4.49. The molecule has 98 valence electrons. The first-order chi connectivity index (χ1) is 8.70. The number of H-pyrrole nitrogens is 1. The standard InChI is InChI=1S/C14H22N4/c1-4-11(2)18(3)10-9-15-14-16-12-7-5-6-8-13(12)17-14/h5-8,11H,4,9-10H2,1-3H3,(H2,15,16,17). The zero-order valence-electron chi connectivity index (χ0n) is 11.4. The van der Waals surface area contributed by atoms with Gasteiger partial charge in [0, 0.05) is 19.1 Å². The summed E-state index contributed by atoms with van der Waals surface area (Å²) in [7, 11) is 2.16. The zero-order valence-corrected chi connectivity index (χ0v) is 11.4. The van der Waals surface area contributed by atoms with Crippen molar-refractivity contribution in [1.82, 2.24) is 14.9 Å². The second kappa shape index (κ2) is 5.87. The van der Waals surface area contributed by atoms with Crippen molar-refractivity contribution >= 4 is 17.0 Å². The van der Waals surface area contributed by atoms with Crippen LogP contribution in [-0.2, 0) is 0 Å². The third-order valence-electron chi connectivity index (χ3n) is 3.49. The summed E-state index contributed by atoms with van der Waals surface area (Å²) in [6, 6.07) is 8.70. The van der Waals surface area contributed by atoms with Crippen LogP contribution in [0.4, 0.5) is 5.95 Å². The highest BCUT2D eigenvalue weighted by molar-refractivity contribution is 5.77. The average molecular weight is 246 g/mol. The molecule has 1 aromatic heterocycles. The van der Waals surface area contributed by atoms with E-state index in [9.17, 15) is 0 Å². The number of benzene rings is 1. The Labute approximate surface area is 108 Å². The molecule has 18 heavy (non-hydrogen) atoms. The third-order valence-corrected chi connectivity index (χ3v) is 3.49. The summed E-state index contributed by atoms with van der Waals surface area (Å²) >= 11 is 0. The quantitative estimate of drug-likeness (QED) is 0.823. The Kier molecular flexibility index (Phi) is 4.20. The second-order valence-corrected chi connectivity index (χ2v) is 4.77. The van der Waals surface area contributed by atoms with E-state index >= 15 is 0 Å². The lowest BCUT2D eigenvalue weighted by Gasteiger charge is -2.23. The molecule has 4 heteroatoms. The lowest BCUT2D eigenvalue weighted by atomic mass is 10.2. The molecule has 1 aromatic carbocycles. The molecule has 1 heterocycles. The normalized spacial score (nSPS) is 13.1. The van der Waals surface area contributed by atoms with Gasteiger partial charge in [-0.05, 0) is 32.5 Å².